The van der Waals surface area contributed by atoms with Crippen LogP contribution < -0.4 is 15.8 Å². The van der Waals surface area contributed by atoms with Crippen LogP contribution in [0.2, 0.25) is 0 Å². The quantitative estimate of drug-likeness (QED) is 0.682. The van der Waals surface area contributed by atoms with Crippen LogP contribution in [-0.2, 0) is 16.1 Å². The number of hydrogen-bond acceptors (Lipinski definition) is 5. The number of ether oxygens (including phenoxy) is 2. The Bertz CT molecular complexity index is 448. The summed E-state index contributed by atoms with van der Waals surface area (Å²) in [7, 11) is 5.51. The molecule has 1 aromatic rings. The first-order chi connectivity index (χ1) is 10.0. The van der Waals surface area contributed by atoms with Gasteiger partial charge >= 0.3 is 0 Å². The van der Waals surface area contributed by atoms with Crippen LogP contribution in [-0.4, -0.2) is 57.8 Å². The minimum Gasteiger partial charge on any atom is -0.492 e. The second-order valence-corrected chi connectivity index (χ2v) is 5.08. The Morgan fingerprint density at radius 3 is 2.65 bits per heavy atom. The fourth-order valence-electron chi connectivity index (χ4n) is 1.67. The number of likely N-dealkylation sites (N-methyl/N-ethyl adjacent to an activating group) is 1. The van der Waals surface area contributed by atoms with Crippen LogP contribution in [0.3, 0.4) is 0 Å². The van der Waals surface area contributed by atoms with Crippen LogP contribution in [0.25, 0.3) is 0 Å². The van der Waals surface area contributed by atoms with Crippen molar-refractivity contribution in [3.63, 3.8) is 0 Å². The van der Waals surface area contributed by atoms with Gasteiger partial charge in [0.05, 0.1) is 6.61 Å². The van der Waals surface area contributed by atoms with Crippen LogP contribution in [0.4, 0.5) is 0 Å². The molecule has 0 spiro atoms. The largest absolute Gasteiger partial charge is 0.492 e. The van der Waals surface area contributed by atoms with Gasteiger partial charge in [0.1, 0.15) is 18.4 Å². The third kappa shape index (κ3) is 10.4. The lowest BCUT2D eigenvalue weighted by atomic mass is 10.2. The van der Waals surface area contributed by atoms with Gasteiger partial charge in [-0.25, -0.2) is 0 Å². The van der Waals surface area contributed by atoms with E-state index in [1.807, 2.05) is 38.4 Å². The van der Waals surface area contributed by atoms with Crippen LogP contribution in [0, 0.1) is 0 Å². The molecule has 0 radical (unpaired) electrons. The van der Waals surface area contributed by atoms with E-state index in [9.17, 15) is 4.79 Å². The van der Waals surface area contributed by atoms with E-state index in [1.165, 1.54) is 7.11 Å². The summed E-state index contributed by atoms with van der Waals surface area (Å²) in [6.07, 6.45) is 0. The number of nitrogens with one attached hydrogen (secondary N) is 1. The molecule has 8 heteroatoms. The van der Waals surface area contributed by atoms with Crippen LogP contribution in [0.15, 0.2) is 24.3 Å². The molecule has 0 saturated heterocycles. The lowest BCUT2D eigenvalue weighted by molar-refractivity contribution is -0.123. The number of rotatable bonds is 9. The molecular weight excluding hydrogens is 341 g/mol. The molecule has 1 unspecified atom stereocenters. The molecular formula is C15H27Cl2N3O3. The topological polar surface area (TPSA) is 76.8 Å². The normalized spacial score (nSPS) is 11.2. The third-order valence-electron chi connectivity index (χ3n) is 2.86. The SMILES string of the molecule is COCC(N)C(=O)NCc1cccc(OCCN(C)C)c1.Cl.Cl. The van der Waals surface area contributed by atoms with E-state index in [0.717, 1.165) is 17.9 Å². The first-order valence-corrected chi connectivity index (χ1v) is 6.91. The molecule has 0 aromatic heterocycles. The summed E-state index contributed by atoms with van der Waals surface area (Å²) in [6, 6.07) is 7.01. The maximum Gasteiger partial charge on any atom is 0.239 e. The lowest BCUT2D eigenvalue weighted by Crippen LogP contribution is -2.43. The van der Waals surface area contributed by atoms with Crippen molar-refractivity contribution in [2.45, 2.75) is 12.6 Å². The van der Waals surface area contributed by atoms with Gasteiger partial charge in [-0.2, -0.15) is 0 Å². The van der Waals surface area contributed by atoms with Crippen LogP contribution in [0.1, 0.15) is 5.56 Å². The van der Waals surface area contributed by atoms with Crippen molar-refractivity contribution in [2.75, 3.05) is 41.0 Å². The zero-order valence-electron chi connectivity index (χ0n) is 13.8. The van der Waals surface area contributed by atoms with Crippen molar-refractivity contribution in [3.8, 4) is 5.75 Å². The van der Waals surface area contributed by atoms with E-state index in [-0.39, 0.29) is 37.3 Å². The zero-order chi connectivity index (χ0) is 15.7. The zero-order valence-corrected chi connectivity index (χ0v) is 15.4. The second-order valence-electron chi connectivity index (χ2n) is 5.08. The van der Waals surface area contributed by atoms with Crippen molar-refractivity contribution >= 4 is 30.7 Å². The molecule has 23 heavy (non-hydrogen) atoms. The van der Waals surface area contributed by atoms with E-state index in [0.29, 0.717) is 13.2 Å². The molecule has 0 heterocycles. The highest BCUT2D eigenvalue weighted by Crippen LogP contribution is 2.13. The molecule has 1 rings (SSSR count). The van der Waals surface area contributed by atoms with E-state index in [4.69, 9.17) is 15.2 Å². The average Bonchev–Trinajstić information content (AvgIpc) is 2.45. The fourth-order valence-corrected chi connectivity index (χ4v) is 1.67. The number of carbonyl (C=O) groups excluding carboxylic acids is 1. The Morgan fingerprint density at radius 1 is 1.35 bits per heavy atom. The Balaban J connectivity index is 0. The van der Waals surface area contributed by atoms with Crippen molar-refractivity contribution in [3.05, 3.63) is 29.8 Å². The van der Waals surface area contributed by atoms with Gasteiger partial charge in [0, 0.05) is 20.2 Å². The first kappa shape index (κ1) is 24.2. The molecule has 0 bridgehead atoms. The number of nitrogens with zero attached hydrogens (tertiary/aromatic N) is 1. The maximum atomic E-state index is 11.7. The molecule has 3 N–H and O–H groups in total. The molecule has 0 fully saturated rings. The first-order valence-electron chi connectivity index (χ1n) is 6.91. The standard InChI is InChI=1S/C15H25N3O3.2ClH/c1-18(2)7-8-21-13-6-4-5-12(9-13)10-17-15(19)14(16)11-20-3;;/h4-6,9,14H,7-8,10-11,16H2,1-3H3,(H,17,19);2*1H. The van der Waals surface area contributed by atoms with Crippen LogP contribution in [0.5, 0.6) is 5.75 Å². The number of carbonyl (C=O) groups is 1. The number of benzene rings is 1. The van der Waals surface area contributed by atoms with E-state index >= 15 is 0 Å². The molecule has 134 valence electrons. The molecule has 0 aliphatic heterocycles. The van der Waals surface area contributed by atoms with Gasteiger partial charge in [-0.3, -0.25) is 4.79 Å². The van der Waals surface area contributed by atoms with E-state index in [1.54, 1.807) is 0 Å². The van der Waals surface area contributed by atoms with Gasteiger partial charge in [-0.05, 0) is 31.8 Å². The van der Waals surface area contributed by atoms with Crippen molar-refractivity contribution in [1.82, 2.24) is 10.2 Å². The highest BCUT2D eigenvalue weighted by atomic mass is 35.5. The summed E-state index contributed by atoms with van der Waals surface area (Å²) in [6.45, 7) is 2.11. The molecule has 6 nitrogen and oxygen atoms in total. The highest BCUT2D eigenvalue weighted by molar-refractivity contribution is 5.85. The molecule has 1 amide bonds. The van der Waals surface area contributed by atoms with Gasteiger partial charge < -0.3 is 25.4 Å². The van der Waals surface area contributed by atoms with E-state index in [2.05, 4.69) is 10.2 Å². The fraction of sp³-hybridized carbons (Fsp3) is 0.533. The number of nitrogens with two attached hydrogens (primary N) is 1. The van der Waals surface area contributed by atoms with Gasteiger partial charge in [0.25, 0.3) is 0 Å². The highest BCUT2D eigenvalue weighted by Gasteiger charge is 2.12. The minimum absolute atomic E-state index is 0. The number of methoxy groups -OCH3 is 1. The Hall–Kier alpha value is -1.05. The number of halogens is 2. The van der Waals surface area contributed by atoms with Crippen LogP contribution >= 0.6 is 24.8 Å². The summed E-state index contributed by atoms with van der Waals surface area (Å²) in [5, 5.41) is 2.78. The van der Waals surface area contributed by atoms with E-state index < -0.39 is 6.04 Å². The maximum absolute atomic E-state index is 11.7. The monoisotopic (exact) mass is 367 g/mol. The van der Waals surface area contributed by atoms with Crippen molar-refractivity contribution in [2.24, 2.45) is 5.73 Å². The predicted octanol–water partition coefficient (Wildman–Crippen LogP) is 1.06. The van der Waals surface area contributed by atoms with Gasteiger partial charge in [-0.15, -0.1) is 24.8 Å². The molecule has 1 atom stereocenters. The average molecular weight is 368 g/mol. The summed E-state index contributed by atoms with van der Waals surface area (Å²) >= 11 is 0. The summed E-state index contributed by atoms with van der Waals surface area (Å²) < 4.78 is 10.5. The third-order valence-corrected chi connectivity index (χ3v) is 2.86. The summed E-state index contributed by atoms with van der Waals surface area (Å²) in [5.41, 5.74) is 6.62. The summed E-state index contributed by atoms with van der Waals surface area (Å²) in [5.74, 6) is 0.570. The molecule has 1 aromatic carbocycles. The number of amides is 1. The molecule has 0 aliphatic carbocycles. The lowest BCUT2D eigenvalue weighted by Gasteiger charge is -2.13. The van der Waals surface area contributed by atoms with Crippen molar-refractivity contribution in [1.29, 1.82) is 0 Å². The molecule has 0 aliphatic rings. The summed E-state index contributed by atoms with van der Waals surface area (Å²) in [4.78, 5) is 13.7. The molecule has 0 saturated carbocycles. The van der Waals surface area contributed by atoms with Gasteiger partial charge in [-0.1, -0.05) is 12.1 Å². The Morgan fingerprint density at radius 2 is 2.04 bits per heavy atom. The number of hydrogen-bond donors (Lipinski definition) is 2. The van der Waals surface area contributed by atoms with Gasteiger partial charge in [0.2, 0.25) is 5.91 Å². The Labute approximate surface area is 150 Å². The predicted molar refractivity (Wildman–Crippen MR) is 96.7 cm³/mol. The Kier molecular flexibility index (Phi) is 14.1. The second kappa shape index (κ2) is 13.4. The van der Waals surface area contributed by atoms with Gasteiger partial charge in [0.15, 0.2) is 0 Å². The smallest absolute Gasteiger partial charge is 0.239 e. The minimum atomic E-state index is -0.644. The van der Waals surface area contributed by atoms with Crippen molar-refractivity contribution < 1.29 is 14.3 Å².